The molecule has 1 saturated carbocycles. The summed E-state index contributed by atoms with van der Waals surface area (Å²) in [4.78, 5) is 9.69. The number of fused-ring (bicyclic) bond motifs is 1. The molecule has 0 spiro atoms. The molecule has 3 nitrogen and oxygen atoms in total. The summed E-state index contributed by atoms with van der Waals surface area (Å²) >= 11 is 0. The molecule has 4 aromatic rings. The Labute approximate surface area is 327 Å². The lowest BCUT2D eigenvalue weighted by molar-refractivity contribution is 0.712. The first-order chi connectivity index (χ1) is 26.6. The van der Waals surface area contributed by atoms with Crippen LogP contribution in [0.25, 0.3) is 28.3 Å². The molecule has 0 saturated heterocycles. The van der Waals surface area contributed by atoms with Crippen molar-refractivity contribution in [3.63, 3.8) is 0 Å². The van der Waals surface area contributed by atoms with E-state index in [9.17, 15) is 0 Å². The lowest BCUT2D eigenvalue weighted by Gasteiger charge is -2.22. The predicted octanol–water partition coefficient (Wildman–Crippen LogP) is 13.4. The fourth-order valence-corrected chi connectivity index (χ4v) is 7.88. The summed E-state index contributed by atoms with van der Waals surface area (Å²) in [5.74, 6) is 0.809. The average molecular weight is 716 g/mol. The van der Waals surface area contributed by atoms with Crippen molar-refractivity contribution in [2.45, 2.75) is 38.5 Å². The quantitative estimate of drug-likeness (QED) is 0.203. The molecule has 1 fully saturated rings. The molecule has 0 aromatic heterocycles. The molecule has 3 atom stereocenters. The Kier molecular flexibility index (Phi) is 11.4. The van der Waals surface area contributed by atoms with Crippen LogP contribution in [-0.4, -0.2) is 12.1 Å². The second-order valence-corrected chi connectivity index (χ2v) is 14.7. The molecule has 272 valence electrons. The third-order valence-corrected chi connectivity index (χ3v) is 11.0. The minimum Gasteiger partial charge on any atom is -0.344 e. The third kappa shape index (κ3) is 8.49. The zero-order valence-corrected chi connectivity index (χ0v) is 31.7. The largest absolute Gasteiger partial charge is 0.344 e. The van der Waals surface area contributed by atoms with Crippen molar-refractivity contribution in [3.8, 4) is 11.1 Å². The highest BCUT2D eigenvalue weighted by atomic mass is 14.9. The Morgan fingerprint density at radius 3 is 2.33 bits per heavy atom. The summed E-state index contributed by atoms with van der Waals surface area (Å²) in [6, 6.07) is 34.8. The van der Waals surface area contributed by atoms with Crippen LogP contribution < -0.4 is 6.15 Å². The summed E-state index contributed by atoms with van der Waals surface area (Å²) in [5, 5.41) is 0. The van der Waals surface area contributed by atoms with Gasteiger partial charge in [-0.1, -0.05) is 164 Å². The number of aliphatic imine (C=N–C) groups is 2. The number of benzene rings is 4. The summed E-state index contributed by atoms with van der Waals surface area (Å²) in [7, 11) is 0. The number of hydrogen-bond donors (Lipinski definition) is 1. The van der Waals surface area contributed by atoms with Gasteiger partial charge in [-0.3, -0.25) is 0 Å². The number of nitrogens with zero attached hydrogens (tertiary/aromatic N) is 2. The zero-order chi connectivity index (χ0) is 36.7. The maximum Gasteiger partial charge on any atom is 0.115 e. The first-order valence-corrected chi connectivity index (χ1v) is 19.2. The van der Waals surface area contributed by atoms with Crippen LogP contribution in [0.4, 0.5) is 0 Å². The van der Waals surface area contributed by atoms with Crippen molar-refractivity contribution in [1.82, 2.24) is 6.15 Å². The minimum absolute atomic E-state index is 0. The normalized spacial score (nSPS) is 21.6. The molecular weight excluding hydrogens is 667 g/mol. The van der Waals surface area contributed by atoms with E-state index in [4.69, 9.17) is 9.98 Å². The van der Waals surface area contributed by atoms with Crippen LogP contribution in [0.3, 0.4) is 0 Å². The highest BCUT2D eigenvalue weighted by molar-refractivity contribution is 6.06. The molecule has 3 N–H and O–H groups in total. The number of rotatable bonds is 7. The van der Waals surface area contributed by atoms with Gasteiger partial charge < -0.3 is 6.15 Å². The van der Waals surface area contributed by atoms with Crippen molar-refractivity contribution >= 4 is 29.3 Å². The fourth-order valence-electron chi connectivity index (χ4n) is 7.88. The monoisotopic (exact) mass is 715 g/mol. The molecule has 4 aromatic carbocycles. The van der Waals surface area contributed by atoms with Gasteiger partial charge in [0.15, 0.2) is 0 Å². The highest BCUT2D eigenvalue weighted by Gasteiger charge is 2.54. The third-order valence-electron chi connectivity index (χ3n) is 11.0. The molecule has 1 aliphatic heterocycles. The Morgan fingerprint density at radius 1 is 0.745 bits per heavy atom. The Balaban J connectivity index is 0.000000526. The van der Waals surface area contributed by atoms with Gasteiger partial charge in [-0.2, -0.15) is 0 Å². The molecule has 0 radical (unpaired) electrons. The van der Waals surface area contributed by atoms with Crippen LogP contribution in [-0.2, 0) is 0 Å². The maximum atomic E-state index is 4.86. The van der Waals surface area contributed by atoms with Crippen molar-refractivity contribution in [2.75, 3.05) is 0 Å². The summed E-state index contributed by atoms with van der Waals surface area (Å²) in [6.45, 7) is 6.22. The zero-order valence-electron chi connectivity index (χ0n) is 31.7. The van der Waals surface area contributed by atoms with Gasteiger partial charge in [0.25, 0.3) is 0 Å². The molecule has 3 heteroatoms. The molecule has 5 aliphatic rings. The van der Waals surface area contributed by atoms with Crippen molar-refractivity contribution in [3.05, 3.63) is 222 Å². The fraction of sp³-hybridized carbons (Fsp3) is 0.154. The van der Waals surface area contributed by atoms with Gasteiger partial charge in [0.1, 0.15) is 6.34 Å². The maximum absolute atomic E-state index is 4.86. The standard InChI is InChI=1S/C45H38N2.C7H8.H3N/c1-2-32-23-37(29-41(24-32)43-20-21-44(47-31-46-43)45-22-11-10-19-42(45)30-45)35-17-12-18-36(25-35)40-27-38(33-13-6-3-4-7-14-33)26-39(28-40)34-15-8-5-9-16-34;1-7-5-3-2-4-6-7;/h2-3,5-19,21-24,26-29,31,35,42H,1,4,20,25,30H2;2-6H,1H3;1H3. The Hall–Kier alpha value is -6.16. The minimum atomic E-state index is 0. The molecule has 4 aliphatic carbocycles. The summed E-state index contributed by atoms with van der Waals surface area (Å²) in [5.41, 5.74) is 14.7. The van der Waals surface area contributed by atoms with Crippen molar-refractivity contribution in [2.24, 2.45) is 21.3 Å². The van der Waals surface area contributed by atoms with E-state index in [1.54, 1.807) is 6.34 Å². The molecule has 9 rings (SSSR count). The second-order valence-electron chi connectivity index (χ2n) is 14.7. The van der Waals surface area contributed by atoms with Crippen LogP contribution in [0.2, 0.25) is 0 Å². The van der Waals surface area contributed by atoms with E-state index in [2.05, 4.69) is 171 Å². The van der Waals surface area contributed by atoms with Crippen LogP contribution in [0.15, 0.2) is 198 Å². The Morgan fingerprint density at radius 2 is 1.55 bits per heavy atom. The molecule has 0 amide bonds. The number of allylic oxidation sites excluding steroid dienone is 15. The van der Waals surface area contributed by atoms with Gasteiger partial charge in [-0.25, -0.2) is 9.98 Å². The SMILES string of the molecule is C=Cc1cc(C2=NC=NC(C34C=CC=CC3C4)=CC2)cc(C2C=CC=C(c3cc(C4=CC=CCC=C4)cc(-c4ccccc4)c3)C2)c1.Cc1ccccc1.N. The lowest BCUT2D eigenvalue weighted by Crippen LogP contribution is -2.07. The van der Waals surface area contributed by atoms with E-state index in [1.807, 2.05) is 24.3 Å². The van der Waals surface area contributed by atoms with Gasteiger partial charge in [0.05, 0.1) is 5.71 Å². The van der Waals surface area contributed by atoms with Gasteiger partial charge in [-0.15, -0.1) is 0 Å². The van der Waals surface area contributed by atoms with E-state index in [0.717, 1.165) is 48.2 Å². The van der Waals surface area contributed by atoms with E-state index >= 15 is 0 Å². The van der Waals surface area contributed by atoms with Crippen LogP contribution in [0.1, 0.15) is 65.0 Å². The van der Waals surface area contributed by atoms with Gasteiger partial charge in [0, 0.05) is 23.5 Å². The second kappa shape index (κ2) is 16.9. The number of aryl methyl sites for hydroxylation is 1. The first-order valence-electron chi connectivity index (χ1n) is 19.2. The average Bonchev–Trinajstić information content (AvgIpc) is 4.06. The van der Waals surface area contributed by atoms with E-state index in [1.165, 1.54) is 44.5 Å². The highest BCUT2D eigenvalue weighted by Crippen LogP contribution is 2.61. The van der Waals surface area contributed by atoms with E-state index < -0.39 is 0 Å². The molecule has 55 heavy (non-hydrogen) atoms. The van der Waals surface area contributed by atoms with E-state index in [0.29, 0.717) is 5.92 Å². The van der Waals surface area contributed by atoms with E-state index in [-0.39, 0.29) is 17.5 Å². The smallest absolute Gasteiger partial charge is 0.115 e. The topological polar surface area (TPSA) is 59.7 Å². The summed E-state index contributed by atoms with van der Waals surface area (Å²) < 4.78 is 0. The molecular formula is C52H49N3. The van der Waals surface area contributed by atoms with Crippen LogP contribution in [0.5, 0.6) is 0 Å². The molecule has 0 bridgehead atoms. The van der Waals surface area contributed by atoms with Gasteiger partial charge >= 0.3 is 0 Å². The van der Waals surface area contributed by atoms with Crippen molar-refractivity contribution < 1.29 is 0 Å². The van der Waals surface area contributed by atoms with Crippen molar-refractivity contribution in [1.29, 1.82) is 0 Å². The predicted molar refractivity (Wildman–Crippen MR) is 237 cm³/mol. The molecule has 3 unspecified atom stereocenters. The first kappa shape index (κ1) is 37.2. The summed E-state index contributed by atoms with van der Waals surface area (Å²) in [6.07, 6.45) is 36.7. The van der Waals surface area contributed by atoms with Gasteiger partial charge in [-0.05, 0) is 113 Å². The molecule has 1 heterocycles. The van der Waals surface area contributed by atoms with Crippen LogP contribution >= 0.6 is 0 Å². The Bertz CT molecular complexity index is 2360. The van der Waals surface area contributed by atoms with Gasteiger partial charge in [0.2, 0.25) is 0 Å². The van der Waals surface area contributed by atoms with Crippen LogP contribution in [0, 0.1) is 18.3 Å². The number of hydrogen-bond acceptors (Lipinski definition) is 3. The lowest BCUT2D eigenvalue weighted by atomic mass is 9.82.